The molecule has 2 heterocycles. The summed E-state index contributed by atoms with van der Waals surface area (Å²) in [5.41, 5.74) is 4.65. The second-order valence-corrected chi connectivity index (χ2v) is 12.0. The molecule has 3 amide bonds. The molecule has 2 aliphatic rings. The predicted octanol–water partition coefficient (Wildman–Crippen LogP) is 4.40. The summed E-state index contributed by atoms with van der Waals surface area (Å²) in [5.74, 6) is -0.297. The maximum Gasteiger partial charge on any atom is 0.257 e. The highest BCUT2D eigenvalue weighted by atomic mass is 32.2. The Balaban J connectivity index is 1.36. The number of hydrogen-bond acceptors (Lipinski definition) is 6. The summed E-state index contributed by atoms with van der Waals surface area (Å²) in [4.78, 5) is 39.1. The van der Waals surface area contributed by atoms with Crippen molar-refractivity contribution >= 4 is 56.2 Å². The van der Waals surface area contributed by atoms with Gasteiger partial charge in [-0.05, 0) is 54.8 Å². The number of nitrogens with one attached hydrogen (secondary N) is 3. The van der Waals surface area contributed by atoms with Crippen LogP contribution in [0.25, 0.3) is 11.1 Å². The molecule has 208 valence electrons. The maximum atomic E-state index is 13.0. The fraction of sp³-hybridized carbons (Fsp3) is 0.276. The lowest BCUT2D eigenvalue weighted by atomic mass is 10.0. The molecule has 40 heavy (non-hydrogen) atoms. The molecule has 11 heteroatoms. The summed E-state index contributed by atoms with van der Waals surface area (Å²) in [6, 6.07) is 17.7. The minimum Gasteiger partial charge on any atom is -0.353 e. The lowest BCUT2D eigenvalue weighted by Crippen LogP contribution is -2.26. The molecule has 0 atom stereocenters. The lowest BCUT2D eigenvalue weighted by Gasteiger charge is -2.21. The van der Waals surface area contributed by atoms with Gasteiger partial charge in [-0.2, -0.15) is 0 Å². The Bertz CT molecular complexity index is 1600. The number of likely N-dealkylation sites (tertiary alicyclic amines) is 1. The molecular weight excluding hydrogens is 530 g/mol. The molecule has 0 unspecified atom stereocenters. The third-order valence-electron chi connectivity index (χ3n) is 7.14. The second kappa shape index (κ2) is 11.0. The van der Waals surface area contributed by atoms with Crippen molar-refractivity contribution in [2.24, 2.45) is 0 Å². The van der Waals surface area contributed by atoms with E-state index >= 15 is 0 Å². The molecule has 1 saturated heterocycles. The van der Waals surface area contributed by atoms with E-state index in [1.165, 1.54) is 11.4 Å². The summed E-state index contributed by atoms with van der Waals surface area (Å²) in [5, 5.41) is 9.11. The first-order chi connectivity index (χ1) is 19.1. The minimum absolute atomic E-state index is 0.147. The van der Waals surface area contributed by atoms with E-state index in [1.54, 1.807) is 47.4 Å². The molecule has 3 N–H and O–H groups in total. The van der Waals surface area contributed by atoms with Gasteiger partial charge >= 0.3 is 0 Å². The van der Waals surface area contributed by atoms with Gasteiger partial charge in [-0.25, -0.2) is 8.42 Å². The molecule has 2 aliphatic heterocycles. The van der Waals surface area contributed by atoms with Crippen LogP contribution in [0.5, 0.6) is 0 Å². The molecule has 10 nitrogen and oxygen atoms in total. The molecular formula is C29H31N5O5S. The number of amides is 3. The monoisotopic (exact) mass is 561 g/mol. The zero-order valence-electron chi connectivity index (χ0n) is 22.4. The molecule has 0 aliphatic carbocycles. The van der Waals surface area contributed by atoms with Crippen molar-refractivity contribution in [1.82, 2.24) is 4.90 Å². The van der Waals surface area contributed by atoms with Crippen molar-refractivity contribution in [3.8, 4) is 11.1 Å². The van der Waals surface area contributed by atoms with Crippen molar-refractivity contribution in [2.45, 2.75) is 25.7 Å². The Hall–Kier alpha value is -4.38. The molecule has 5 rings (SSSR count). The van der Waals surface area contributed by atoms with Crippen LogP contribution in [0.4, 0.5) is 28.4 Å². The Kier molecular flexibility index (Phi) is 7.49. The molecule has 3 aromatic carbocycles. The van der Waals surface area contributed by atoms with E-state index in [4.69, 9.17) is 0 Å². The van der Waals surface area contributed by atoms with Crippen LogP contribution in [0, 0.1) is 0 Å². The third kappa shape index (κ3) is 5.79. The second-order valence-electron chi connectivity index (χ2n) is 9.98. The fourth-order valence-electron chi connectivity index (χ4n) is 4.95. The molecule has 1 fully saturated rings. The topological polar surface area (TPSA) is 128 Å². The largest absolute Gasteiger partial charge is 0.353 e. The Morgan fingerprint density at radius 1 is 0.975 bits per heavy atom. The number of carbonyl (C=O) groups is 3. The minimum atomic E-state index is -3.48. The van der Waals surface area contributed by atoms with Crippen LogP contribution in [-0.4, -0.2) is 57.4 Å². The van der Waals surface area contributed by atoms with Crippen LogP contribution in [0.3, 0.4) is 0 Å². The van der Waals surface area contributed by atoms with Crippen molar-refractivity contribution in [1.29, 1.82) is 0 Å². The van der Waals surface area contributed by atoms with Crippen LogP contribution in [0.1, 0.15) is 36.0 Å². The van der Waals surface area contributed by atoms with Crippen molar-refractivity contribution in [2.75, 3.05) is 46.6 Å². The standard InChI is InChI=1S/C29H31N5O5S/c1-33(40(2,38)39)26-8-4-3-7-21(26)19-11-13-22-24(17-19)31-25-18-20(12-14-23(25)32-29(22)37)30-27(35)9-5-15-34-16-6-10-28(34)36/h3-4,7-8,11-14,17-18,31H,5-6,9-10,15-16H2,1-2H3,(H,30,35)(H,32,37). The molecule has 0 radical (unpaired) electrons. The van der Waals surface area contributed by atoms with E-state index in [2.05, 4.69) is 16.0 Å². The van der Waals surface area contributed by atoms with E-state index in [0.717, 1.165) is 24.8 Å². The quantitative estimate of drug-likeness (QED) is 0.374. The number of nitrogens with zero attached hydrogens (tertiary/aromatic N) is 2. The first-order valence-electron chi connectivity index (χ1n) is 13.1. The normalized spacial score (nSPS) is 14.5. The smallest absolute Gasteiger partial charge is 0.257 e. The van der Waals surface area contributed by atoms with Crippen molar-refractivity contribution in [3.63, 3.8) is 0 Å². The number of rotatable bonds is 8. The van der Waals surface area contributed by atoms with E-state index < -0.39 is 10.0 Å². The summed E-state index contributed by atoms with van der Waals surface area (Å²) in [7, 11) is -1.98. The summed E-state index contributed by atoms with van der Waals surface area (Å²) < 4.78 is 25.7. The van der Waals surface area contributed by atoms with E-state index in [0.29, 0.717) is 65.4 Å². The van der Waals surface area contributed by atoms with Gasteiger partial charge in [-0.3, -0.25) is 18.7 Å². The molecule has 0 bridgehead atoms. The van der Waals surface area contributed by atoms with E-state index in [9.17, 15) is 22.8 Å². The van der Waals surface area contributed by atoms with Crippen LogP contribution in [0.2, 0.25) is 0 Å². The summed E-state index contributed by atoms with van der Waals surface area (Å²) in [6.45, 7) is 1.33. The van der Waals surface area contributed by atoms with Crippen LogP contribution in [-0.2, 0) is 19.6 Å². The van der Waals surface area contributed by atoms with Gasteiger partial charge in [0.05, 0.1) is 34.6 Å². The Morgan fingerprint density at radius 3 is 2.52 bits per heavy atom. The van der Waals surface area contributed by atoms with Crippen molar-refractivity contribution in [3.05, 3.63) is 66.2 Å². The zero-order valence-corrected chi connectivity index (χ0v) is 23.2. The average Bonchev–Trinajstić information content (AvgIpc) is 3.27. The van der Waals surface area contributed by atoms with E-state index in [-0.39, 0.29) is 17.7 Å². The first kappa shape index (κ1) is 27.2. The Labute approximate surface area is 233 Å². The maximum absolute atomic E-state index is 13.0. The average molecular weight is 562 g/mol. The number of carbonyl (C=O) groups excluding carboxylic acids is 3. The van der Waals surface area contributed by atoms with Gasteiger partial charge in [0.15, 0.2) is 0 Å². The number of hydrogen-bond donors (Lipinski definition) is 3. The van der Waals surface area contributed by atoms with Gasteiger partial charge in [0, 0.05) is 44.2 Å². The van der Waals surface area contributed by atoms with Gasteiger partial charge in [0.2, 0.25) is 21.8 Å². The molecule has 0 spiro atoms. The summed E-state index contributed by atoms with van der Waals surface area (Å²) in [6.07, 6.45) is 3.48. The molecule has 0 aromatic heterocycles. The molecule has 0 saturated carbocycles. The van der Waals surface area contributed by atoms with Gasteiger partial charge in [0.1, 0.15) is 0 Å². The van der Waals surface area contributed by atoms with Gasteiger partial charge in [-0.15, -0.1) is 0 Å². The van der Waals surface area contributed by atoms with Gasteiger partial charge < -0.3 is 20.9 Å². The number of benzene rings is 3. The molecule has 3 aromatic rings. The van der Waals surface area contributed by atoms with Crippen molar-refractivity contribution < 1.29 is 22.8 Å². The number of sulfonamides is 1. The highest BCUT2D eigenvalue weighted by Crippen LogP contribution is 2.38. The first-order valence-corrected chi connectivity index (χ1v) is 14.9. The predicted molar refractivity (Wildman–Crippen MR) is 156 cm³/mol. The SMILES string of the molecule is CN(c1ccccc1-c1ccc2c(c1)Nc1cc(NC(=O)CCCN3CCCC3=O)ccc1NC2=O)S(C)(=O)=O. The van der Waals surface area contributed by atoms with Crippen LogP contribution < -0.4 is 20.3 Å². The van der Waals surface area contributed by atoms with Gasteiger partial charge in [-0.1, -0.05) is 24.3 Å². The highest BCUT2D eigenvalue weighted by molar-refractivity contribution is 7.92. The number of fused-ring (bicyclic) bond motifs is 2. The van der Waals surface area contributed by atoms with E-state index in [1.807, 2.05) is 18.2 Å². The summed E-state index contributed by atoms with van der Waals surface area (Å²) >= 11 is 0. The zero-order chi connectivity index (χ0) is 28.4. The fourth-order valence-corrected chi connectivity index (χ4v) is 5.46. The van der Waals surface area contributed by atoms with Crippen LogP contribution >= 0.6 is 0 Å². The lowest BCUT2D eigenvalue weighted by molar-refractivity contribution is -0.128. The number of anilines is 5. The number of para-hydroxylation sites is 1. The highest BCUT2D eigenvalue weighted by Gasteiger charge is 2.23. The Morgan fingerprint density at radius 2 is 1.77 bits per heavy atom. The van der Waals surface area contributed by atoms with Crippen LogP contribution in [0.15, 0.2) is 60.7 Å². The van der Waals surface area contributed by atoms with Gasteiger partial charge in [0.25, 0.3) is 5.91 Å². The third-order valence-corrected chi connectivity index (χ3v) is 8.33.